The number of halogens is 1. The van der Waals surface area contributed by atoms with Gasteiger partial charge in [-0.2, -0.15) is 5.10 Å². The van der Waals surface area contributed by atoms with Gasteiger partial charge in [-0.1, -0.05) is 66.2 Å². The van der Waals surface area contributed by atoms with Crippen LogP contribution in [0.3, 0.4) is 0 Å². The highest BCUT2D eigenvalue weighted by molar-refractivity contribution is 6.52. The molecule has 0 amide bonds. The van der Waals surface area contributed by atoms with Crippen LogP contribution in [-0.4, -0.2) is 21.5 Å². The van der Waals surface area contributed by atoms with E-state index in [1.165, 1.54) is 5.56 Å². The Morgan fingerprint density at radius 2 is 1.57 bits per heavy atom. The number of amidine groups is 2. The van der Waals surface area contributed by atoms with Crippen molar-refractivity contribution in [1.29, 1.82) is 0 Å². The summed E-state index contributed by atoms with van der Waals surface area (Å²) in [6, 6.07) is 32.5. The highest BCUT2D eigenvalue weighted by atomic mass is 35.5. The summed E-state index contributed by atoms with van der Waals surface area (Å²) in [6.45, 7) is 6.27. The molecular weight excluding hydrogens is 516 g/mol. The van der Waals surface area contributed by atoms with Crippen molar-refractivity contribution in [1.82, 2.24) is 9.78 Å². The molecule has 2 aliphatic rings. The van der Waals surface area contributed by atoms with E-state index >= 15 is 0 Å². The third-order valence-electron chi connectivity index (χ3n) is 7.68. The molecule has 0 fully saturated rings. The third-order valence-corrected chi connectivity index (χ3v) is 7.93. The minimum absolute atomic E-state index is 0.190. The SMILES string of the molecule is Cc1cccc(N=C2Nc3ccccc3N3C2=Nc2c(c(C)nn2-c2ccccc2)C3c2ccc(Cl)cc2)c1C. The van der Waals surface area contributed by atoms with E-state index in [2.05, 4.69) is 79.5 Å². The molecule has 0 saturated heterocycles. The number of rotatable bonds is 3. The summed E-state index contributed by atoms with van der Waals surface area (Å²) < 4.78 is 1.94. The van der Waals surface area contributed by atoms with Gasteiger partial charge in [-0.3, -0.25) is 0 Å². The van der Waals surface area contributed by atoms with Gasteiger partial charge < -0.3 is 10.2 Å². The standard InChI is InChI=1S/C33H27ClN6/c1-20-10-9-14-26(21(20)2)35-31-33-37-32-29(22(3)38-40(32)25-11-5-4-6-12-25)30(23-16-18-24(34)19-17-23)39(33)28-15-8-7-13-27(28)36-31/h4-19,30H,1-3H3,(H,35,36). The van der Waals surface area contributed by atoms with Crippen molar-refractivity contribution in [3.63, 3.8) is 0 Å². The molecule has 2 aliphatic heterocycles. The Labute approximate surface area is 238 Å². The van der Waals surface area contributed by atoms with Gasteiger partial charge in [0.05, 0.1) is 34.5 Å². The van der Waals surface area contributed by atoms with Gasteiger partial charge in [0.15, 0.2) is 17.5 Å². The van der Waals surface area contributed by atoms with Crippen molar-refractivity contribution in [2.24, 2.45) is 9.98 Å². The summed E-state index contributed by atoms with van der Waals surface area (Å²) in [5, 5.41) is 9.29. The van der Waals surface area contributed by atoms with E-state index < -0.39 is 0 Å². The third kappa shape index (κ3) is 3.91. The fraction of sp³-hybridized carbons (Fsp3) is 0.121. The minimum Gasteiger partial charge on any atom is -0.335 e. The summed E-state index contributed by atoms with van der Waals surface area (Å²) in [7, 11) is 0. The van der Waals surface area contributed by atoms with Crippen LogP contribution < -0.4 is 10.2 Å². The predicted octanol–water partition coefficient (Wildman–Crippen LogP) is 8.25. The number of aliphatic imine (C=N–C) groups is 2. The van der Waals surface area contributed by atoms with Gasteiger partial charge in [0, 0.05) is 10.6 Å². The molecule has 6 nitrogen and oxygen atoms in total. The van der Waals surface area contributed by atoms with Gasteiger partial charge in [0.25, 0.3) is 0 Å². The van der Waals surface area contributed by atoms with E-state index in [0.717, 1.165) is 56.8 Å². The molecule has 7 rings (SSSR count). The Hall–Kier alpha value is -4.68. The molecular formula is C33H27ClN6. The Balaban J connectivity index is 1.54. The molecule has 3 heterocycles. The van der Waals surface area contributed by atoms with Gasteiger partial charge in [-0.15, -0.1) is 0 Å². The van der Waals surface area contributed by atoms with Crippen LogP contribution >= 0.6 is 11.6 Å². The van der Waals surface area contributed by atoms with Crippen LogP contribution in [0.1, 0.15) is 34.0 Å². The zero-order valence-electron chi connectivity index (χ0n) is 22.4. The zero-order valence-corrected chi connectivity index (χ0v) is 23.2. The van der Waals surface area contributed by atoms with E-state index in [0.29, 0.717) is 10.9 Å². The second-order valence-electron chi connectivity index (χ2n) is 10.2. The monoisotopic (exact) mass is 542 g/mol. The number of aryl methyl sites for hydroxylation is 2. The smallest absolute Gasteiger partial charge is 0.179 e. The van der Waals surface area contributed by atoms with E-state index in [9.17, 15) is 0 Å². The van der Waals surface area contributed by atoms with Crippen LogP contribution in [-0.2, 0) is 0 Å². The lowest BCUT2D eigenvalue weighted by atomic mass is 9.93. The Bertz CT molecular complexity index is 1820. The highest BCUT2D eigenvalue weighted by Crippen LogP contribution is 2.48. The van der Waals surface area contributed by atoms with Crippen LogP contribution in [0.2, 0.25) is 5.02 Å². The van der Waals surface area contributed by atoms with Crippen molar-refractivity contribution in [2.75, 3.05) is 10.2 Å². The molecule has 0 radical (unpaired) electrons. The predicted molar refractivity (Wildman–Crippen MR) is 164 cm³/mol. The van der Waals surface area contributed by atoms with Gasteiger partial charge in [0.2, 0.25) is 0 Å². The maximum Gasteiger partial charge on any atom is 0.179 e. The summed E-state index contributed by atoms with van der Waals surface area (Å²) in [4.78, 5) is 12.8. The average molecular weight is 543 g/mol. The number of hydrogen-bond acceptors (Lipinski definition) is 4. The van der Waals surface area contributed by atoms with Crippen LogP contribution in [0.5, 0.6) is 0 Å². The molecule has 40 heavy (non-hydrogen) atoms. The molecule has 1 unspecified atom stereocenters. The van der Waals surface area contributed by atoms with Crippen molar-refractivity contribution in [3.05, 3.63) is 130 Å². The lowest BCUT2D eigenvalue weighted by Crippen LogP contribution is -2.48. The zero-order chi connectivity index (χ0) is 27.4. The quantitative estimate of drug-likeness (QED) is 0.250. The van der Waals surface area contributed by atoms with Gasteiger partial charge in [-0.05, 0) is 79.9 Å². The lowest BCUT2D eigenvalue weighted by molar-refractivity contribution is 0.816. The molecule has 7 heteroatoms. The van der Waals surface area contributed by atoms with Gasteiger partial charge >= 0.3 is 0 Å². The number of para-hydroxylation sites is 3. The number of fused-ring (bicyclic) bond motifs is 4. The highest BCUT2D eigenvalue weighted by Gasteiger charge is 2.41. The fourth-order valence-electron chi connectivity index (χ4n) is 5.52. The lowest BCUT2D eigenvalue weighted by Gasteiger charge is -2.42. The van der Waals surface area contributed by atoms with Crippen LogP contribution in [0.25, 0.3) is 5.69 Å². The number of nitrogens with zero attached hydrogens (tertiary/aromatic N) is 5. The average Bonchev–Trinajstić information content (AvgIpc) is 3.31. The Morgan fingerprint density at radius 1 is 0.825 bits per heavy atom. The van der Waals surface area contributed by atoms with Crippen molar-refractivity contribution in [2.45, 2.75) is 26.8 Å². The molecule has 4 aromatic carbocycles. The van der Waals surface area contributed by atoms with Gasteiger partial charge in [-0.25, -0.2) is 14.7 Å². The van der Waals surface area contributed by atoms with E-state index in [1.807, 2.05) is 53.2 Å². The van der Waals surface area contributed by atoms with Crippen molar-refractivity contribution >= 4 is 46.2 Å². The molecule has 5 aromatic rings. The Kier molecular flexibility index (Phi) is 5.79. The first-order valence-corrected chi connectivity index (χ1v) is 13.7. The molecule has 1 aromatic heterocycles. The summed E-state index contributed by atoms with van der Waals surface area (Å²) >= 11 is 6.34. The summed E-state index contributed by atoms with van der Waals surface area (Å²) in [6.07, 6.45) is 0. The summed E-state index contributed by atoms with van der Waals surface area (Å²) in [5.74, 6) is 2.23. The van der Waals surface area contributed by atoms with E-state index in [1.54, 1.807) is 0 Å². The molecule has 1 atom stereocenters. The second kappa shape index (κ2) is 9.50. The molecule has 0 spiro atoms. The molecule has 0 bridgehead atoms. The van der Waals surface area contributed by atoms with E-state index in [-0.39, 0.29) is 6.04 Å². The number of anilines is 2. The fourth-order valence-corrected chi connectivity index (χ4v) is 5.64. The number of benzene rings is 4. The first-order valence-electron chi connectivity index (χ1n) is 13.3. The molecule has 0 aliphatic carbocycles. The van der Waals surface area contributed by atoms with Gasteiger partial charge in [0.1, 0.15) is 0 Å². The molecule has 196 valence electrons. The van der Waals surface area contributed by atoms with Crippen LogP contribution in [0.15, 0.2) is 107 Å². The summed E-state index contributed by atoms with van der Waals surface area (Å²) in [5.41, 5.74) is 9.26. The second-order valence-corrected chi connectivity index (χ2v) is 10.6. The normalized spacial score (nSPS) is 16.6. The first kappa shape index (κ1) is 24.4. The Morgan fingerprint density at radius 3 is 2.38 bits per heavy atom. The maximum absolute atomic E-state index is 6.34. The number of nitrogens with one attached hydrogen (secondary N) is 1. The first-order chi connectivity index (χ1) is 19.5. The van der Waals surface area contributed by atoms with Crippen LogP contribution in [0.4, 0.5) is 22.9 Å². The minimum atomic E-state index is -0.190. The van der Waals surface area contributed by atoms with Crippen molar-refractivity contribution < 1.29 is 0 Å². The van der Waals surface area contributed by atoms with Crippen molar-refractivity contribution in [3.8, 4) is 5.69 Å². The molecule has 1 N–H and O–H groups in total. The maximum atomic E-state index is 6.34. The number of aromatic nitrogens is 2. The molecule has 0 saturated carbocycles. The van der Waals surface area contributed by atoms with Crippen LogP contribution in [0, 0.1) is 20.8 Å². The largest absolute Gasteiger partial charge is 0.335 e. The topological polar surface area (TPSA) is 57.8 Å². The number of hydrogen-bond donors (Lipinski definition) is 1. The van der Waals surface area contributed by atoms with E-state index in [4.69, 9.17) is 26.7 Å².